The van der Waals surface area contributed by atoms with E-state index in [1.807, 2.05) is 42.5 Å². The fraction of sp³-hybridized carbons (Fsp3) is 0.310. The molecule has 2 aromatic carbocycles. The van der Waals surface area contributed by atoms with Crippen LogP contribution in [0.2, 0.25) is 0 Å². The third-order valence-electron chi connectivity index (χ3n) is 6.00. The molecule has 0 fully saturated rings. The lowest BCUT2D eigenvalue weighted by atomic mass is 9.98. The first-order chi connectivity index (χ1) is 17.7. The third kappa shape index (κ3) is 5.89. The van der Waals surface area contributed by atoms with Crippen LogP contribution in [0.1, 0.15) is 49.1 Å². The summed E-state index contributed by atoms with van der Waals surface area (Å²) in [5.74, 6) is -0.432. The summed E-state index contributed by atoms with van der Waals surface area (Å²) in [4.78, 5) is 29.9. The number of hydrogen-bond acceptors (Lipinski definition) is 7. The van der Waals surface area contributed by atoms with E-state index in [4.69, 9.17) is 14.2 Å². The van der Waals surface area contributed by atoms with Gasteiger partial charge in [-0.1, -0.05) is 48.5 Å². The summed E-state index contributed by atoms with van der Waals surface area (Å²) in [6.45, 7) is 5.37. The number of carbonyl (C=O) groups excluding carboxylic acids is 2. The molecular formula is C29H29N3O5. The van der Waals surface area contributed by atoms with Crippen LogP contribution in [-0.4, -0.2) is 42.4 Å². The molecule has 37 heavy (non-hydrogen) atoms. The van der Waals surface area contributed by atoms with Crippen molar-refractivity contribution in [2.24, 2.45) is 0 Å². The van der Waals surface area contributed by atoms with Crippen LogP contribution in [-0.2, 0) is 20.7 Å². The highest BCUT2D eigenvalue weighted by Gasteiger charge is 2.31. The van der Waals surface area contributed by atoms with Crippen molar-refractivity contribution in [3.8, 4) is 22.9 Å². The molecule has 3 aromatic rings. The number of hydrogen-bond donors (Lipinski definition) is 1. The standard InChI is InChI=1S/C29H29N3O5/c1-29(2,3)37-27(33)24(13-18-14-26(35-4)25(15-30)31-16-18)32-28(34)36-17-23-21-11-7-5-9-19(21)20-10-6-8-12-22(20)23/h5-12,14,16,23-24H,13,17H2,1-4H3,(H,32,34)/t24-/m0/s1. The number of methoxy groups -OCH3 is 1. The van der Waals surface area contributed by atoms with E-state index in [2.05, 4.69) is 22.4 Å². The zero-order valence-corrected chi connectivity index (χ0v) is 21.3. The highest BCUT2D eigenvalue weighted by atomic mass is 16.6. The van der Waals surface area contributed by atoms with E-state index in [1.165, 1.54) is 13.3 Å². The molecule has 1 N–H and O–H groups in total. The Balaban J connectivity index is 1.49. The van der Waals surface area contributed by atoms with Crippen molar-refractivity contribution >= 4 is 12.1 Å². The van der Waals surface area contributed by atoms with Gasteiger partial charge < -0.3 is 19.5 Å². The van der Waals surface area contributed by atoms with E-state index in [-0.39, 0.29) is 30.4 Å². The number of ether oxygens (including phenoxy) is 3. The molecule has 0 bridgehead atoms. The summed E-state index contributed by atoms with van der Waals surface area (Å²) < 4.78 is 16.4. The van der Waals surface area contributed by atoms with Crippen LogP contribution < -0.4 is 10.1 Å². The molecule has 0 aliphatic heterocycles. The molecule has 8 nitrogen and oxygen atoms in total. The number of benzene rings is 2. The zero-order chi connectivity index (χ0) is 26.6. The van der Waals surface area contributed by atoms with Gasteiger partial charge in [0.2, 0.25) is 0 Å². The number of rotatable bonds is 7. The van der Waals surface area contributed by atoms with Crippen molar-refractivity contribution < 1.29 is 23.8 Å². The van der Waals surface area contributed by atoms with Crippen LogP contribution in [0.4, 0.5) is 4.79 Å². The summed E-state index contributed by atoms with van der Waals surface area (Å²) in [6, 6.07) is 18.7. The Morgan fingerprint density at radius 3 is 2.27 bits per heavy atom. The molecule has 0 saturated carbocycles. The number of nitrogens with one attached hydrogen (secondary N) is 1. The van der Waals surface area contributed by atoms with Gasteiger partial charge in [0.15, 0.2) is 11.4 Å². The number of carbonyl (C=O) groups is 2. The lowest BCUT2D eigenvalue weighted by molar-refractivity contribution is -0.157. The average molecular weight is 500 g/mol. The van der Waals surface area contributed by atoms with Crippen molar-refractivity contribution in [2.75, 3.05) is 13.7 Å². The molecule has 0 saturated heterocycles. The second-order valence-electron chi connectivity index (χ2n) is 9.77. The smallest absolute Gasteiger partial charge is 0.407 e. The molecule has 1 aliphatic carbocycles. The van der Waals surface area contributed by atoms with Crippen molar-refractivity contribution in [3.63, 3.8) is 0 Å². The third-order valence-corrected chi connectivity index (χ3v) is 6.00. The first-order valence-corrected chi connectivity index (χ1v) is 12.0. The molecule has 8 heteroatoms. The van der Waals surface area contributed by atoms with Crippen LogP contribution in [0.3, 0.4) is 0 Å². The molecule has 1 atom stereocenters. The first kappa shape index (κ1) is 25.7. The second-order valence-corrected chi connectivity index (χ2v) is 9.77. The monoisotopic (exact) mass is 499 g/mol. The van der Waals surface area contributed by atoms with E-state index < -0.39 is 23.7 Å². The van der Waals surface area contributed by atoms with E-state index in [9.17, 15) is 14.9 Å². The highest BCUT2D eigenvalue weighted by molar-refractivity contribution is 5.82. The fourth-order valence-corrected chi connectivity index (χ4v) is 4.42. The molecule has 4 rings (SSSR count). The summed E-state index contributed by atoms with van der Waals surface area (Å²) in [6.07, 6.45) is 0.817. The lowest BCUT2D eigenvalue weighted by Crippen LogP contribution is -2.46. The van der Waals surface area contributed by atoms with Gasteiger partial charge in [-0.2, -0.15) is 5.26 Å². The maximum atomic E-state index is 13.0. The second kappa shape index (κ2) is 10.7. The Morgan fingerprint density at radius 2 is 1.70 bits per heavy atom. The van der Waals surface area contributed by atoms with Gasteiger partial charge >= 0.3 is 12.1 Å². The summed E-state index contributed by atoms with van der Waals surface area (Å²) in [5, 5.41) is 11.8. The Labute approximate surface area is 216 Å². The first-order valence-electron chi connectivity index (χ1n) is 12.0. The maximum absolute atomic E-state index is 13.0. The van der Waals surface area contributed by atoms with Crippen LogP contribution in [0.5, 0.6) is 5.75 Å². The van der Waals surface area contributed by atoms with Gasteiger partial charge in [0.1, 0.15) is 24.3 Å². The Morgan fingerprint density at radius 1 is 1.08 bits per heavy atom. The predicted octanol–water partition coefficient (Wildman–Crippen LogP) is 4.75. The van der Waals surface area contributed by atoms with Gasteiger partial charge in [0.25, 0.3) is 0 Å². The molecule has 0 spiro atoms. The van der Waals surface area contributed by atoms with E-state index in [1.54, 1.807) is 26.8 Å². The van der Waals surface area contributed by atoms with Gasteiger partial charge in [0.05, 0.1) is 7.11 Å². The molecule has 1 aromatic heterocycles. The normalized spacial score (nSPS) is 13.1. The Bertz CT molecular complexity index is 1310. The Kier molecular flexibility index (Phi) is 7.44. The van der Waals surface area contributed by atoms with Crippen molar-refractivity contribution in [3.05, 3.63) is 83.2 Å². The fourth-order valence-electron chi connectivity index (χ4n) is 4.42. The van der Waals surface area contributed by atoms with Gasteiger partial charge in [-0.05, 0) is 54.7 Å². The molecule has 1 heterocycles. The average Bonchev–Trinajstić information content (AvgIpc) is 3.19. The van der Waals surface area contributed by atoms with Gasteiger partial charge in [-0.3, -0.25) is 0 Å². The van der Waals surface area contributed by atoms with Crippen LogP contribution in [0.25, 0.3) is 11.1 Å². The van der Waals surface area contributed by atoms with Gasteiger partial charge in [-0.15, -0.1) is 0 Å². The van der Waals surface area contributed by atoms with Crippen LogP contribution in [0.15, 0.2) is 60.8 Å². The van der Waals surface area contributed by atoms with Gasteiger partial charge in [0, 0.05) is 18.5 Å². The number of alkyl carbamates (subject to hydrolysis) is 1. The summed E-state index contributed by atoms with van der Waals surface area (Å²) in [5.41, 5.74) is 4.41. The molecule has 0 unspecified atom stereocenters. The number of nitriles is 1. The number of fused-ring (bicyclic) bond motifs is 3. The van der Waals surface area contributed by atoms with Crippen molar-refractivity contribution in [1.82, 2.24) is 10.3 Å². The minimum Gasteiger partial charge on any atom is -0.494 e. The predicted molar refractivity (Wildman–Crippen MR) is 137 cm³/mol. The summed E-state index contributed by atoms with van der Waals surface area (Å²) >= 11 is 0. The quantitative estimate of drug-likeness (QED) is 0.467. The number of nitrogens with zero attached hydrogens (tertiary/aromatic N) is 2. The number of aromatic nitrogens is 1. The highest BCUT2D eigenvalue weighted by Crippen LogP contribution is 2.44. The van der Waals surface area contributed by atoms with E-state index in [0.29, 0.717) is 5.56 Å². The topological polar surface area (TPSA) is 111 Å². The number of esters is 1. The van der Waals surface area contributed by atoms with E-state index >= 15 is 0 Å². The lowest BCUT2D eigenvalue weighted by Gasteiger charge is -2.25. The number of amides is 1. The largest absolute Gasteiger partial charge is 0.494 e. The Hall–Kier alpha value is -4.38. The molecule has 1 aliphatic rings. The van der Waals surface area contributed by atoms with Crippen LogP contribution in [0, 0.1) is 11.3 Å². The van der Waals surface area contributed by atoms with Crippen LogP contribution >= 0.6 is 0 Å². The van der Waals surface area contributed by atoms with Gasteiger partial charge in [-0.25, -0.2) is 14.6 Å². The maximum Gasteiger partial charge on any atom is 0.407 e. The molecular weight excluding hydrogens is 470 g/mol. The molecule has 0 radical (unpaired) electrons. The number of pyridine rings is 1. The molecule has 1 amide bonds. The van der Waals surface area contributed by atoms with E-state index in [0.717, 1.165) is 22.3 Å². The summed E-state index contributed by atoms with van der Waals surface area (Å²) in [7, 11) is 1.43. The minimum absolute atomic E-state index is 0.0776. The van der Waals surface area contributed by atoms with Crippen molar-refractivity contribution in [1.29, 1.82) is 5.26 Å². The molecule has 190 valence electrons. The SMILES string of the molecule is COc1cc(C[C@H](NC(=O)OCC2c3ccccc3-c3ccccc32)C(=O)OC(C)(C)C)cnc1C#N. The zero-order valence-electron chi connectivity index (χ0n) is 21.3. The minimum atomic E-state index is -1.03. The van der Waals surface area contributed by atoms with Crippen molar-refractivity contribution in [2.45, 2.75) is 44.8 Å².